The summed E-state index contributed by atoms with van der Waals surface area (Å²) in [4.78, 5) is 0. The van der Waals surface area contributed by atoms with Gasteiger partial charge in [0, 0.05) is 0 Å². The van der Waals surface area contributed by atoms with Crippen LogP contribution in [-0.2, 0) is 0 Å². The van der Waals surface area contributed by atoms with Gasteiger partial charge < -0.3 is 0 Å². The first-order valence-corrected chi connectivity index (χ1v) is 14.0. The highest BCUT2D eigenvalue weighted by molar-refractivity contribution is 4.81. The van der Waals surface area contributed by atoms with Crippen molar-refractivity contribution in [1.82, 2.24) is 0 Å². The summed E-state index contributed by atoms with van der Waals surface area (Å²) in [7, 11) is 0. The van der Waals surface area contributed by atoms with E-state index in [9.17, 15) is 0 Å². The number of hydrogen-bond acceptors (Lipinski definition) is 0. The molecule has 0 heteroatoms. The van der Waals surface area contributed by atoms with Crippen LogP contribution in [0.3, 0.4) is 0 Å². The van der Waals surface area contributed by atoms with Crippen LogP contribution in [0.2, 0.25) is 0 Å². The summed E-state index contributed by atoms with van der Waals surface area (Å²) in [6.07, 6.45) is 38.1. The number of allylic oxidation sites excluding steroid dienone is 2. The maximum Gasteiger partial charge on any atom is -0.0351 e. The van der Waals surface area contributed by atoms with E-state index in [-0.39, 0.29) is 0 Å². The molecule has 0 aromatic heterocycles. The van der Waals surface area contributed by atoms with E-state index in [1.54, 1.807) is 0 Å². The summed E-state index contributed by atoms with van der Waals surface area (Å²) >= 11 is 0. The molecule has 0 aromatic carbocycles. The molecule has 0 aliphatic heterocycles. The largest absolute Gasteiger partial charge is 0.0885 e. The predicted octanol–water partition coefficient (Wildman–Crippen LogP) is 11.2. The second-order valence-electron chi connectivity index (χ2n) is 9.80. The summed E-state index contributed by atoms with van der Waals surface area (Å²) < 4.78 is 0. The van der Waals surface area contributed by atoms with Gasteiger partial charge in [-0.2, -0.15) is 0 Å². The van der Waals surface area contributed by atoms with E-state index in [2.05, 4.69) is 32.9 Å². The van der Waals surface area contributed by atoms with Crippen molar-refractivity contribution in [3.05, 3.63) is 26.0 Å². The number of unbranched alkanes of at least 4 members (excludes halogenated alkanes) is 19. The molecule has 0 N–H and O–H groups in total. The van der Waals surface area contributed by atoms with E-state index in [0.717, 1.165) is 18.8 Å². The van der Waals surface area contributed by atoms with Crippen LogP contribution < -0.4 is 0 Å². The third-order valence-electron chi connectivity index (χ3n) is 6.55. The first kappa shape index (κ1) is 29.7. The molecule has 0 saturated heterocycles. The van der Waals surface area contributed by atoms with Crippen LogP contribution in [0.25, 0.3) is 0 Å². The van der Waals surface area contributed by atoms with Crippen molar-refractivity contribution < 1.29 is 0 Å². The molecule has 0 heterocycles. The summed E-state index contributed by atoms with van der Waals surface area (Å²) in [5, 5.41) is 0. The number of hydrogen-bond donors (Lipinski definition) is 0. The molecule has 0 bridgehead atoms. The van der Waals surface area contributed by atoms with E-state index in [0.29, 0.717) is 0 Å². The highest BCUT2D eigenvalue weighted by atomic mass is 14.1. The Bertz CT molecular complexity index is 316. The first-order chi connectivity index (χ1) is 14.8. The van der Waals surface area contributed by atoms with Gasteiger partial charge in [-0.15, -0.1) is 0 Å². The lowest BCUT2D eigenvalue weighted by Crippen LogP contribution is -1.94. The van der Waals surface area contributed by atoms with Crippen molar-refractivity contribution in [1.29, 1.82) is 0 Å². The van der Waals surface area contributed by atoms with Gasteiger partial charge in [0.1, 0.15) is 0 Å². The minimum Gasteiger partial charge on any atom is -0.0885 e. The monoisotopic (exact) mass is 418 g/mol. The Kier molecular flexibility index (Phi) is 26.5. The van der Waals surface area contributed by atoms with Gasteiger partial charge in [-0.3, -0.25) is 0 Å². The molecule has 0 saturated carbocycles. The van der Waals surface area contributed by atoms with Gasteiger partial charge in [-0.25, -0.2) is 0 Å². The third kappa shape index (κ3) is 25.8. The Morgan fingerprint density at radius 2 is 0.733 bits per heavy atom. The van der Waals surface area contributed by atoms with Crippen LogP contribution in [0.5, 0.6) is 0 Å². The van der Waals surface area contributed by atoms with Crippen LogP contribution in [0.1, 0.15) is 161 Å². The Morgan fingerprint density at radius 1 is 0.433 bits per heavy atom. The van der Waals surface area contributed by atoms with Gasteiger partial charge in [-0.1, -0.05) is 161 Å². The van der Waals surface area contributed by atoms with Crippen molar-refractivity contribution in [2.24, 2.45) is 5.92 Å². The molecular formula is C30H58. The molecule has 0 fully saturated rings. The zero-order chi connectivity index (χ0) is 22.0. The number of rotatable bonds is 25. The van der Waals surface area contributed by atoms with E-state index in [1.165, 1.54) is 141 Å². The zero-order valence-electron chi connectivity index (χ0n) is 21.1. The van der Waals surface area contributed by atoms with Gasteiger partial charge in [0.15, 0.2) is 0 Å². The Balaban J connectivity index is 3.12. The Hall–Kier alpha value is -0.260. The van der Waals surface area contributed by atoms with E-state index >= 15 is 0 Å². The van der Waals surface area contributed by atoms with Gasteiger partial charge >= 0.3 is 0 Å². The second kappa shape index (κ2) is 26.8. The van der Waals surface area contributed by atoms with E-state index in [4.69, 9.17) is 0 Å². The SMILES string of the molecule is [CH2]CCCCCCCC=CCCCCCCCCCCCCCC(C)CCCC[CH2]. The van der Waals surface area contributed by atoms with E-state index in [1.807, 2.05) is 0 Å². The lowest BCUT2D eigenvalue weighted by molar-refractivity contribution is 0.437. The highest BCUT2D eigenvalue weighted by Crippen LogP contribution is 2.18. The molecule has 0 rings (SSSR count). The molecule has 1 atom stereocenters. The molecule has 0 aliphatic carbocycles. The van der Waals surface area contributed by atoms with Crippen LogP contribution in [0.15, 0.2) is 12.2 Å². The molecular weight excluding hydrogens is 360 g/mol. The smallest absolute Gasteiger partial charge is 0.0351 e. The van der Waals surface area contributed by atoms with Crippen LogP contribution in [0.4, 0.5) is 0 Å². The summed E-state index contributed by atoms with van der Waals surface area (Å²) in [6.45, 7) is 10.3. The lowest BCUT2D eigenvalue weighted by atomic mass is 9.96. The second-order valence-corrected chi connectivity index (χ2v) is 9.80. The van der Waals surface area contributed by atoms with Gasteiger partial charge in [-0.05, 0) is 31.6 Å². The van der Waals surface area contributed by atoms with Crippen molar-refractivity contribution >= 4 is 0 Å². The Morgan fingerprint density at radius 3 is 1.17 bits per heavy atom. The van der Waals surface area contributed by atoms with Crippen molar-refractivity contribution in [2.75, 3.05) is 0 Å². The van der Waals surface area contributed by atoms with Gasteiger partial charge in [0.25, 0.3) is 0 Å². The maximum absolute atomic E-state index is 3.94. The maximum atomic E-state index is 3.94. The quantitative estimate of drug-likeness (QED) is 0.102. The average Bonchev–Trinajstić information content (AvgIpc) is 2.75. The highest BCUT2D eigenvalue weighted by Gasteiger charge is 2.01. The average molecular weight is 419 g/mol. The molecule has 0 aliphatic rings. The van der Waals surface area contributed by atoms with Crippen molar-refractivity contribution in [3.8, 4) is 0 Å². The molecule has 30 heavy (non-hydrogen) atoms. The molecule has 0 nitrogen and oxygen atoms in total. The van der Waals surface area contributed by atoms with E-state index < -0.39 is 0 Å². The van der Waals surface area contributed by atoms with Gasteiger partial charge in [0.2, 0.25) is 0 Å². The molecule has 2 radical (unpaired) electrons. The first-order valence-electron chi connectivity index (χ1n) is 14.0. The van der Waals surface area contributed by atoms with Crippen molar-refractivity contribution in [2.45, 2.75) is 161 Å². The molecule has 0 spiro atoms. The van der Waals surface area contributed by atoms with Crippen molar-refractivity contribution in [3.63, 3.8) is 0 Å². The van der Waals surface area contributed by atoms with Crippen LogP contribution >= 0.6 is 0 Å². The molecule has 1 unspecified atom stereocenters. The molecule has 0 amide bonds. The lowest BCUT2D eigenvalue weighted by Gasteiger charge is -2.10. The minimum absolute atomic E-state index is 0.936. The molecule has 178 valence electrons. The summed E-state index contributed by atoms with van der Waals surface area (Å²) in [6, 6.07) is 0. The fourth-order valence-corrected chi connectivity index (χ4v) is 4.36. The topological polar surface area (TPSA) is 0 Å². The van der Waals surface area contributed by atoms with Gasteiger partial charge in [0.05, 0.1) is 0 Å². The zero-order valence-corrected chi connectivity index (χ0v) is 21.1. The summed E-state index contributed by atoms with van der Waals surface area (Å²) in [5.41, 5.74) is 0. The predicted molar refractivity (Wildman–Crippen MR) is 140 cm³/mol. The fraction of sp³-hybridized carbons (Fsp3) is 0.867. The minimum atomic E-state index is 0.936. The standard InChI is InChI=1S/C30H58/c1-4-6-8-9-10-11-12-13-14-15-16-17-18-19-20-21-22-23-24-25-27-29-30(3)28-26-7-5-2/h13-14,30H,1-2,4-12,15-29H2,3H3. The molecule has 0 aromatic rings. The fourth-order valence-electron chi connectivity index (χ4n) is 4.36. The third-order valence-corrected chi connectivity index (χ3v) is 6.55. The Labute approximate surface area is 193 Å². The normalized spacial score (nSPS) is 12.8. The van der Waals surface area contributed by atoms with Crippen LogP contribution in [-0.4, -0.2) is 0 Å². The summed E-state index contributed by atoms with van der Waals surface area (Å²) in [5.74, 6) is 0.936. The van der Waals surface area contributed by atoms with Crippen LogP contribution in [0, 0.1) is 19.8 Å².